The second kappa shape index (κ2) is 10.8. The maximum atomic E-state index is 13.0. The van der Waals surface area contributed by atoms with Crippen LogP contribution in [0.2, 0.25) is 0 Å². The number of amides is 2. The summed E-state index contributed by atoms with van der Waals surface area (Å²) < 4.78 is 15.2. The van der Waals surface area contributed by atoms with E-state index in [0.29, 0.717) is 5.56 Å². The zero-order valence-corrected chi connectivity index (χ0v) is 20.0. The van der Waals surface area contributed by atoms with Gasteiger partial charge >= 0.3 is 5.91 Å². The van der Waals surface area contributed by atoms with Crippen molar-refractivity contribution in [3.63, 3.8) is 0 Å². The Hall–Kier alpha value is -2.95. The molecule has 33 heavy (non-hydrogen) atoms. The van der Waals surface area contributed by atoms with Gasteiger partial charge in [-0.1, -0.05) is 6.07 Å². The van der Waals surface area contributed by atoms with Crippen LogP contribution < -0.4 is 20.9 Å². The SMILES string of the molecule is COc1cc(C(=O)NNC(N[C@H](C)c2ccc(C(=O)N3[C@H](C)CC[C@@H]3C)cc2C)OC)on1. The molecule has 1 aromatic carbocycles. The van der Waals surface area contributed by atoms with Gasteiger partial charge in [0.15, 0.2) is 6.35 Å². The topological polar surface area (TPSA) is 118 Å². The quantitative estimate of drug-likeness (QED) is 0.387. The largest absolute Gasteiger partial charge is 0.479 e. The van der Waals surface area contributed by atoms with Gasteiger partial charge in [-0.15, -0.1) is 0 Å². The van der Waals surface area contributed by atoms with E-state index in [1.54, 1.807) is 0 Å². The molecule has 3 N–H and O–H groups in total. The molecule has 1 saturated heterocycles. The van der Waals surface area contributed by atoms with Crippen molar-refractivity contribution in [3.05, 3.63) is 46.7 Å². The maximum absolute atomic E-state index is 13.0. The first-order valence-corrected chi connectivity index (χ1v) is 11.0. The molecule has 0 bridgehead atoms. The van der Waals surface area contributed by atoms with E-state index in [1.165, 1.54) is 20.3 Å². The first-order chi connectivity index (χ1) is 15.7. The summed E-state index contributed by atoms with van der Waals surface area (Å²) in [4.78, 5) is 27.2. The summed E-state index contributed by atoms with van der Waals surface area (Å²) in [7, 11) is 2.94. The number of likely N-dealkylation sites (tertiary alicyclic amines) is 1. The van der Waals surface area contributed by atoms with E-state index in [9.17, 15) is 9.59 Å². The van der Waals surface area contributed by atoms with Gasteiger partial charge in [0, 0.05) is 30.8 Å². The molecule has 1 aromatic heterocycles. The number of nitrogens with zero attached hydrogens (tertiary/aromatic N) is 2. The van der Waals surface area contributed by atoms with Gasteiger partial charge in [0.1, 0.15) is 0 Å². The fourth-order valence-electron chi connectivity index (χ4n) is 4.18. The molecule has 0 radical (unpaired) electrons. The normalized spacial score (nSPS) is 19.9. The fourth-order valence-corrected chi connectivity index (χ4v) is 4.18. The average Bonchev–Trinajstić information content (AvgIpc) is 3.42. The summed E-state index contributed by atoms with van der Waals surface area (Å²) in [6.45, 7) is 8.16. The number of hydrogen-bond donors (Lipinski definition) is 3. The molecule has 2 aromatic rings. The third-order valence-electron chi connectivity index (χ3n) is 6.05. The van der Waals surface area contributed by atoms with Gasteiger partial charge in [-0.25, -0.2) is 0 Å². The number of aryl methyl sites for hydroxylation is 1. The number of nitrogens with one attached hydrogen (secondary N) is 3. The number of carbonyl (C=O) groups is 2. The number of rotatable bonds is 9. The molecular formula is C23H33N5O5. The standard InChI is InChI=1S/C23H33N5O5/c1-13-11-17(22(30)28-14(2)7-8-15(28)3)9-10-18(13)16(4)24-23(32-6)26-25-21(29)19-12-20(31-5)27-33-19/h9-12,14-16,23-24,26H,7-8H2,1-6H3,(H,25,29)/t14-,15+,16-,23?/m1/s1. The number of carbonyl (C=O) groups excluding carboxylic acids is 2. The predicted molar refractivity (Wildman–Crippen MR) is 122 cm³/mol. The van der Waals surface area contributed by atoms with E-state index in [4.69, 9.17) is 14.0 Å². The van der Waals surface area contributed by atoms with Gasteiger partial charge in [0.25, 0.3) is 11.8 Å². The van der Waals surface area contributed by atoms with Crippen LogP contribution in [-0.2, 0) is 4.74 Å². The van der Waals surface area contributed by atoms with Crippen LogP contribution in [0.25, 0.3) is 0 Å². The average molecular weight is 460 g/mol. The number of methoxy groups -OCH3 is 2. The molecule has 3 rings (SSSR count). The Bertz CT molecular complexity index is 968. The molecule has 1 fully saturated rings. The summed E-state index contributed by atoms with van der Waals surface area (Å²) in [5.74, 6) is -0.237. The van der Waals surface area contributed by atoms with Gasteiger partial charge in [-0.3, -0.25) is 20.3 Å². The third kappa shape index (κ3) is 5.70. The van der Waals surface area contributed by atoms with Crippen LogP contribution in [-0.4, -0.2) is 54.5 Å². The molecule has 10 heteroatoms. The molecule has 0 spiro atoms. The molecule has 2 heterocycles. The molecule has 0 aliphatic carbocycles. The van der Waals surface area contributed by atoms with Crippen LogP contribution in [0.15, 0.2) is 28.8 Å². The monoisotopic (exact) mass is 459 g/mol. The highest BCUT2D eigenvalue weighted by Crippen LogP contribution is 2.27. The first-order valence-electron chi connectivity index (χ1n) is 11.0. The van der Waals surface area contributed by atoms with Crippen molar-refractivity contribution >= 4 is 11.8 Å². The van der Waals surface area contributed by atoms with Crippen LogP contribution >= 0.6 is 0 Å². The zero-order chi connectivity index (χ0) is 24.1. The Balaban J connectivity index is 1.60. The second-order valence-electron chi connectivity index (χ2n) is 8.40. The van der Waals surface area contributed by atoms with Gasteiger partial charge in [0.2, 0.25) is 5.76 Å². The van der Waals surface area contributed by atoms with Gasteiger partial charge in [0.05, 0.1) is 13.2 Å². The number of hydrogen-bond acceptors (Lipinski definition) is 8. The summed E-state index contributed by atoms with van der Waals surface area (Å²) in [6.07, 6.45) is 1.40. The lowest BCUT2D eigenvalue weighted by Gasteiger charge is -2.27. The number of ether oxygens (including phenoxy) is 2. The molecule has 4 atom stereocenters. The minimum atomic E-state index is -0.680. The molecule has 1 aliphatic rings. The smallest absolute Gasteiger partial charge is 0.304 e. The van der Waals surface area contributed by atoms with E-state index in [0.717, 1.165) is 24.0 Å². The van der Waals surface area contributed by atoms with Gasteiger partial charge in [-0.2, -0.15) is 5.43 Å². The van der Waals surface area contributed by atoms with Crippen molar-refractivity contribution < 1.29 is 23.6 Å². The van der Waals surface area contributed by atoms with E-state index in [2.05, 4.69) is 35.2 Å². The van der Waals surface area contributed by atoms with Crippen molar-refractivity contribution in [2.45, 2.75) is 65.0 Å². The molecule has 180 valence electrons. The summed E-state index contributed by atoms with van der Waals surface area (Å²) >= 11 is 0. The summed E-state index contributed by atoms with van der Waals surface area (Å²) in [5, 5.41) is 6.84. The molecule has 10 nitrogen and oxygen atoms in total. The van der Waals surface area contributed by atoms with Crippen LogP contribution in [0.3, 0.4) is 0 Å². The Morgan fingerprint density at radius 3 is 2.45 bits per heavy atom. The van der Waals surface area contributed by atoms with Crippen molar-refractivity contribution in [2.24, 2.45) is 0 Å². The highest BCUT2D eigenvalue weighted by Gasteiger charge is 2.32. The van der Waals surface area contributed by atoms with Crippen molar-refractivity contribution in [1.82, 2.24) is 26.2 Å². The van der Waals surface area contributed by atoms with Crippen molar-refractivity contribution in [2.75, 3.05) is 14.2 Å². The Morgan fingerprint density at radius 1 is 1.18 bits per heavy atom. The number of hydrazine groups is 1. The molecule has 1 aliphatic heterocycles. The molecule has 1 unspecified atom stereocenters. The molecule has 0 saturated carbocycles. The lowest BCUT2D eigenvalue weighted by atomic mass is 9.99. The van der Waals surface area contributed by atoms with Crippen molar-refractivity contribution in [1.29, 1.82) is 0 Å². The first kappa shape index (κ1) is 24.7. The van der Waals surface area contributed by atoms with E-state index in [1.807, 2.05) is 36.9 Å². The lowest BCUT2D eigenvalue weighted by molar-refractivity contribution is 0.0238. The molecular weight excluding hydrogens is 426 g/mol. The minimum Gasteiger partial charge on any atom is -0.479 e. The lowest BCUT2D eigenvalue weighted by Crippen LogP contribution is -2.52. The minimum absolute atomic E-state index is 0.00000833. The summed E-state index contributed by atoms with van der Waals surface area (Å²) in [5.41, 5.74) is 7.98. The van der Waals surface area contributed by atoms with Crippen LogP contribution in [0.1, 0.15) is 71.7 Å². The second-order valence-corrected chi connectivity index (χ2v) is 8.40. The van der Waals surface area contributed by atoms with Crippen LogP contribution in [0.4, 0.5) is 0 Å². The Labute approximate surface area is 193 Å². The highest BCUT2D eigenvalue weighted by molar-refractivity contribution is 5.95. The predicted octanol–water partition coefficient (Wildman–Crippen LogP) is 2.52. The molecule has 2 amide bonds. The van der Waals surface area contributed by atoms with Crippen LogP contribution in [0, 0.1) is 6.92 Å². The highest BCUT2D eigenvalue weighted by atomic mass is 16.5. The zero-order valence-electron chi connectivity index (χ0n) is 20.0. The summed E-state index contributed by atoms with van der Waals surface area (Å²) in [6, 6.07) is 7.53. The maximum Gasteiger partial charge on any atom is 0.304 e. The van der Waals surface area contributed by atoms with Crippen molar-refractivity contribution in [3.8, 4) is 5.88 Å². The Kier molecular flexibility index (Phi) is 8.06. The van der Waals surface area contributed by atoms with E-state index in [-0.39, 0.29) is 35.7 Å². The Morgan fingerprint density at radius 2 is 1.88 bits per heavy atom. The van der Waals surface area contributed by atoms with E-state index < -0.39 is 12.3 Å². The van der Waals surface area contributed by atoms with Gasteiger partial charge < -0.3 is 18.9 Å². The van der Waals surface area contributed by atoms with Crippen LogP contribution in [0.5, 0.6) is 5.88 Å². The fraction of sp³-hybridized carbons (Fsp3) is 0.522. The van der Waals surface area contributed by atoms with E-state index >= 15 is 0 Å². The third-order valence-corrected chi connectivity index (χ3v) is 6.05. The van der Waals surface area contributed by atoms with Gasteiger partial charge in [-0.05, 0) is 69.0 Å². The number of aromatic nitrogens is 1. The number of benzene rings is 1.